The third-order valence-corrected chi connectivity index (χ3v) is 7.12. The molecule has 4 fully saturated rings. The molecular formula is C21H27NO3. The van der Waals surface area contributed by atoms with Crippen molar-refractivity contribution in [2.24, 2.45) is 23.2 Å². The van der Waals surface area contributed by atoms with Crippen molar-refractivity contribution in [2.45, 2.75) is 57.4 Å². The van der Waals surface area contributed by atoms with Gasteiger partial charge in [0.15, 0.2) is 0 Å². The van der Waals surface area contributed by atoms with E-state index in [1.165, 1.54) is 19.3 Å². The Labute approximate surface area is 149 Å². The lowest BCUT2D eigenvalue weighted by Crippen LogP contribution is -2.67. The normalized spacial score (nSPS) is 35.2. The average Bonchev–Trinajstić information content (AvgIpc) is 2.54. The van der Waals surface area contributed by atoms with Crippen molar-refractivity contribution >= 4 is 11.9 Å². The van der Waals surface area contributed by atoms with Crippen molar-refractivity contribution < 1.29 is 14.7 Å². The topological polar surface area (TPSA) is 66.4 Å². The van der Waals surface area contributed by atoms with Crippen LogP contribution in [0.5, 0.6) is 0 Å². The highest BCUT2D eigenvalue weighted by molar-refractivity contribution is 5.88. The molecule has 0 radical (unpaired) electrons. The predicted octanol–water partition coefficient (Wildman–Crippen LogP) is 3.41. The number of nitrogens with one attached hydrogen (secondary N) is 1. The quantitative estimate of drug-likeness (QED) is 0.862. The van der Waals surface area contributed by atoms with Crippen molar-refractivity contribution in [1.82, 2.24) is 5.32 Å². The molecule has 4 aliphatic rings. The first-order chi connectivity index (χ1) is 11.9. The fraction of sp³-hybridized carbons (Fsp3) is 0.619. The molecule has 5 rings (SSSR count). The number of aliphatic carboxylic acids is 1. The second-order valence-corrected chi connectivity index (χ2v) is 8.84. The Bertz CT molecular complexity index is 648. The largest absolute Gasteiger partial charge is 0.479 e. The Hall–Kier alpha value is -1.84. The predicted molar refractivity (Wildman–Crippen MR) is 94.9 cm³/mol. The maximum Gasteiger partial charge on any atom is 0.329 e. The van der Waals surface area contributed by atoms with E-state index in [-0.39, 0.29) is 17.7 Å². The Kier molecular flexibility index (Phi) is 3.89. The zero-order valence-corrected chi connectivity index (χ0v) is 14.8. The van der Waals surface area contributed by atoms with Crippen LogP contribution in [-0.2, 0) is 16.0 Å². The summed E-state index contributed by atoms with van der Waals surface area (Å²) in [7, 11) is 0. The molecule has 1 atom stereocenters. The molecule has 4 bridgehead atoms. The third-order valence-electron chi connectivity index (χ3n) is 7.12. The lowest BCUT2D eigenvalue weighted by molar-refractivity contribution is -0.167. The van der Waals surface area contributed by atoms with Crippen molar-refractivity contribution in [3.05, 3.63) is 35.9 Å². The number of benzene rings is 1. The first-order valence-corrected chi connectivity index (χ1v) is 9.48. The fourth-order valence-electron chi connectivity index (χ4n) is 6.24. The second kappa shape index (κ2) is 5.86. The summed E-state index contributed by atoms with van der Waals surface area (Å²) >= 11 is 0. The molecule has 1 aromatic rings. The van der Waals surface area contributed by atoms with Gasteiger partial charge in [-0.25, -0.2) is 4.79 Å². The highest BCUT2D eigenvalue weighted by Crippen LogP contribution is 2.63. The zero-order valence-electron chi connectivity index (χ0n) is 14.8. The van der Waals surface area contributed by atoms with Crippen LogP contribution in [0.1, 0.15) is 51.0 Å². The lowest BCUT2D eigenvalue weighted by Gasteiger charge is -2.61. The van der Waals surface area contributed by atoms with Crippen LogP contribution in [0.3, 0.4) is 0 Å². The summed E-state index contributed by atoms with van der Waals surface area (Å²) in [5, 5.41) is 13.1. The SMILES string of the molecule is CC(NC(=O)Cc1ccccc1)(C(=O)O)C12CC3CC(CC(C3)C1)C2. The summed E-state index contributed by atoms with van der Waals surface area (Å²) < 4.78 is 0. The number of carboxylic acids is 1. The Balaban J connectivity index is 1.57. The van der Waals surface area contributed by atoms with Gasteiger partial charge in [-0.3, -0.25) is 4.79 Å². The van der Waals surface area contributed by atoms with E-state index < -0.39 is 11.5 Å². The van der Waals surface area contributed by atoms with Gasteiger partial charge in [-0.2, -0.15) is 0 Å². The zero-order chi connectivity index (χ0) is 17.7. The van der Waals surface area contributed by atoms with Crippen LogP contribution in [0, 0.1) is 23.2 Å². The molecule has 1 aromatic carbocycles. The molecule has 0 aliphatic heterocycles. The van der Waals surface area contributed by atoms with Crippen LogP contribution in [0.2, 0.25) is 0 Å². The fourth-order valence-corrected chi connectivity index (χ4v) is 6.24. The molecule has 4 nitrogen and oxygen atoms in total. The van der Waals surface area contributed by atoms with Gasteiger partial charge in [-0.1, -0.05) is 30.3 Å². The van der Waals surface area contributed by atoms with E-state index in [4.69, 9.17) is 0 Å². The minimum atomic E-state index is -1.17. The monoisotopic (exact) mass is 341 g/mol. The summed E-state index contributed by atoms with van der Waals surface area (Å²) in [6, 6.07) is 9.53. The smallest absolute Gasteiger partial charge is 0.329 e. The first-order valence-electron chi connectivity index (χ1n) is 9.48. The third kappa shape index (κ3) is 2.76. The Morgan fingerprint density at radius 1 is 1.08 bits per heavy atom. The second-order valence-electron chi connectivity index (χ2n) is 8.84. The summed E-state index contributed by atoms with van der Waals surface area (Å²) in [6.45, 7) is 1.76. The van der Waals surface area contributed by atoms with E-state index in [2.05, 4.69) is 5.32 Å². The van der Waals surface area contributed by atoms with Crippen LogP contribution in [0.15, 0.2) is 30.3 Å². The van der Waals surface area contributed by atoms with Gasteiger partial charge in [0.05, 0.1) is 6.42 Å². The molecule has 0 heterocycles. The molecule has 25 heavy (non-hydrogen) atoms. The summed E-state index contributed by atoms with van der Waals surface area (Å²) in [5.74, 6) is 0.880. The minimum Gasteiger partial charge on any atom is -0.479 e. The van der Waals surface area contributed by atoms with Crippen LogP contribution >= 0.6 is 0 Å². The average molecular weight is 341 g/mol. The van der Waals surface area contributed by atoms with Gasteiger partial charge in [-0.15, -0.1) is 0 Å². The van der Waals surface area contributed by atoms with E-state index in [0.717, 1.165) is 24.8 Å². The number of carboxylic acid groups (broad SMARTS) is 1. The molecule has 2 N–H and O–H groups in total. The van der Waals surface area contributed by atoms with E-state index in [1.54, 1.807) is 6.92 Å². The van der Waals surface area contributed by atoms with Gasteiger partial charge in [0.2, 0.25) is 5.91 Å². The molecule has 0 saturated heterocycles. The maximum absolute atomic E-state index is 12.7. The van der Waals surface area contributed by atoms with Gasteiger partial charge in [0, 0.05) is 5.41 Å². The van der Waals surface area contributed by atoms with Crippen molar-refractivity contribution in [2.75, 3.05) is 0 Å². The van der Waals surface area contributed by atoms with E-state index in [9.17, 15) is 14.7 Å². The van der Waals surface area contributed by atoms with Crippen LogP contribution in [0.4, 0.5) is 0 Å². The highest BCUT2D eigenvalue weighted by Gasteiger charge is 2.62. The Morgan fingerprint density at radius 2 is 1.60 bits per heavy atom. The molecule has 134 valence electrons. The van der Waals surface area contributed by atoms with Crippen LogP contribution in [0.25, 0.3) is 0 Å². The van der Waals surface area contributed by atoms with Gasteiger partial charge in [0.25, 0.3) is 0 Å². The molecule has 1 amide bonds. The molecule has 1 unspecified atom stereocenters. The number of carbonyl (C=O) groups excluding carboxylic acids is 1. The summed E-state index contributed by atoms with van der Waals surface area (Å²) in [4.78, 5) is 25.0. The van der Waals surface area contributed by atoms with E-state index in [0.29, 0.717) is 17.8 Å². The molecule has 4 saturated carbocycles. The van der Waals surface area contributed by atoms with Crippen LogP contribution < -0.4 is 5.32 Å². The maximum atomic E-state index is 12.7. The van der Waals surface area contributed by atoms with Gasteiger partial charge in [0.1, 0.15) is 5.54 Å². The number of rotatable bonds is 5. The Morgan fingerprint density at radius 3 is 2.08 bits per heavy atom. The van der Waals surface area contributed by atoms with E-state index >= 15 is 0 Å². The van der Waals surface area contributed by atoms with Gasteiger partial charge < -0.3 is 10.4 Å². The highest BCUT2D eigenvalue weighted by atomic mass is 16.4. The minimum absolute atomic E-state index is 0.188. The molecular weight excluding hydrogens is 314 g/mol. The standard InChI is InChI=1S/C21H27NO3/c1-20(19(24)25,22-18(23)10-14-5-3-2-4-6-14)21-11-15-7-16(12-21)9-17(8-15)13-21/h2-6,15-17H,7-13H2,1H3,(H,22,23)(H,24,25). The van der Waals surface area contributed by atoms with Gasteiger partial charge in [-0.05, 0) is 68.8 Å². The van der Waals surface area contributed by atoms with Crippen molar-refractivity contribution in [3.63, 3.8) is 0 Å². The van der Waals surface area contributed by atoms with E-state index in [1.807, 2.05) is 30.3 Å². The number of hydrogen-bond donors (Lipinski definition) is 2. The van der Waals surface area contributed by atoms with Gasteiger partial charge >= 0.3 is 5.97 Å². The first kappa shape index (κ1) is 16.6. The molecule has 0 spiro atoms. The van der Waals surface area contributed by atoms with Crippen LogP contribution in [-0.4, -0.2) is 22.5 Å². The molecule has 4 heteroatoms. The molecule has 0 aromatic heterocycles. The summed E-state index contributed by atoms with van der Waals surface area (Å²) in [5.41, 5.74) is -0.535. The number of amides is 1. The number of hydrogen-bond acceptors (Lipinski definition) is 2. The van der Waals surface area contributed by atoms with Crippen molar-refractivity contribution in [3.8, 4) is 0 Å². The lowest BCUT2D eigenvalue weighted by atomic mass is 9.45. The summed E-state index contributed by atoms with van der Waals surface area (Å²) in [6.07, 6.45) is 6.86. The molecule has 4 aliphatic carbocycles. The van der Waals surface area contributed by atoms with Crippen molar-refractivity contribution in [1.29, 1.82) is 0 Å². The number of carbonyl (C=O) groups is 2.